The minimum atomic E-state index is 0.585. The summed E-state index contributed by atoms with van der Waals surface area (Å²) in [6, 6.07) is 2.83. The van der Waals surface area contributed by atoms with Gasteiger partial charge < -0.3 is 10.6 Å². The van der Waals surface area contributed by atoms with Gasteiger partial charge in [0.25, 0.3) is 0 Å². The van der Waals surface area contributed by atoms with Crippen LogP contribution in [-0.4, -0.2) is 53.6 Å². The van der Waals surface area contributed by atoms with Crippen LogP contribution >= 0.6 is 0 Å². The van der Waals surface area contributed by atoms with Crippen LogP contribution in [0.15, 0.2) is 6.07 Å². The Bertz CT molecular complexity index is 484. The Morgan fingerprint density at radius 1 is 1.27 bits per heavy atom. The topological polar surface area (TPSA) is 53.1 Å². The van der Waals surface area contributed by atoms with Crippen LogP contribution < -0.4 is 10.6 Å². The standard InChI is InChI=1S/C17H29N5/c1-3-22-10-4-5-15(22)12-19-17-11-16(20-13(2)21-17)14-6-8-18-9-7-14/h11,14-15,18H,3-10,12H2,1-2H3,(H,19,20,21)/t15-/m1/s1. The molecule has 22 heavy (non-hydrogen) atoms. The lowest BCUT2D eigenvalue weighted by molar-refractivity contribution is 0.277. The van der Waals surface area contributed by atoms with Gasteiger partial charge in [-0.15, -0.1) is 0 Å². The number of nitrogens with one attached hydrogen (secondary N) is 2. The number of piperidine rings is 1. The quantitative estimate of drug-likeness (QED) is 0.873. The molecule has 5 heteroatoms. The summed E-state index contributed by atoms with van der Waals surface area (Å²) in [4.78, 5) is 11.8. The van der Waals surface area contributed by atoms with Crippen LogP contribution in [0.5, 0.6) is 0 Å². The summed E-state index contributed by atoms with van der Waals surface area (Å²) >= 11 is 0. The van der Waals surface area contributed by atoms with Crippen LogP contribution in [0.3, 0.4) is 0 Å². The number of rotatable bonds is 5. The Morgan fingerprint density at radius 2 is 2.09 bits per heavy atom. The van der Waals surface area contributed by atoms with Crippen molar-refractivity contribution in [3.63, 3.8) is 0 Å². The summed E-state index contributed by atoms with van der Waals surface area (Å²) < 4.78 is 0. The number of hydrogen-bond donors (Lipinski definition) is 2. The molecule has 2 fully saturated rings. The fourth-order valence-electron chi connectivity index (χ4n) is 3.77. The van der Waals surface area contributed by atoms with Crippen molar-refractivity contribution in [3.05, 3.63) is 17.6 Å². The lowest BCUT2D eigenvalue weighted by Crippen LogP contribution is -2.34. The van der Waals surface area contributed by atoms with E-state index in [1.165, 1.54) is 37.9 Å². The van der Waals surface area contributed by atoms with Crippen molar-refractivity contribution < 1.29 is 0 Å². The highest BCUT2D eigenvalue weighted by Crippen LogP contribution is 2.25. The smallest absolute Gasteiger partial charge is 0.129 e. The van der Waals surface area contributed by atoms with E-state index in [-0.39, 0.29) is 0 Å². The van der Waals surface area contributed by atoms with Gasteiger partial charge in [0.2, 0.25) is 0 Å². The number of likely N-dealkylation sites (N-methyl/N-ethyl adjacent to an activating group) is 1. The van der Waals surface area contributed by atoms with Crippen LogP contribution in [0, 0.1) is 6.92 Å². The average Bonchev–Trinajstić information content (AvgIpc) is 3.01. The van der Waals surface area contributed by atoms with Crippen molar-refractivity contribution in [2.45, 2.75) is 51.5 Å². The highest BCUT2D eigenvalue weighted by atomic mass is 15.2. The van der Waals surface area contributed by atoms with Gasteiger partial charge in [-0.3, -0.25) is 4.90 Å². The zero-order valence-corrected chi connectivity index (χ0v) is 13.9. The van der Waals surface area contributed by atoms with Crippen molar-refractivity contribution in [3.8, 4) is 0 Å². The normalized spacial score (nSPS) is 23.8. The Morgan fingerprint density at radius 3 is 2.86 bits per heavy atom. The first-order valence-corrected chi connectivity index (χ1v) is 8.80. The molecule has 0 amide bonds. The summed E-state index contributed by atoms with van der Waals surface area (Å²) in [5, 5.41) is 6.99. The molecule has 0 aliphatic carbocycles. The van der Waals surface area contributed by atoms with Crippen LogP contribution in [0.2, 0.25) is 0 Å². The molecule has 3 heterocycles. The van der Waals surface area contributed by atoms with E-state index in [0.717, 1.165) is 37.8 Å². The number of anilines is 1. The molecule has 2 aliphatic heterocycles. The monoisotopic (exact) mass is 303 g/mol. The lowest BCUT2D eigenvalue weighted by Gasteiger charge is -2.24. The molecular formula is C17H29N5. The second kappa shape index (κ2) is 7.38. The predicted molar refractivity (Wildman–Crippen MR) is 90.4 cm³/mol. The Balaban J connectivity index is 1.64. The number of aryl methyl sites for hydroxylation is 1. The Hall–Kier alpha value is -1.20. The summed E-state index contributed by atoms with van der Waals surface area (Å²) in [5.41, 5.74) is 1.22. The maximum absolute atomic E-state index is 4.68. The first-order chi connectivity index (χ1) is 10.8. The van der Waals surface area contributed by atoms with Crippen LogP contribution in [-0.2, 0) is 0 Å². The molecule has 0 bridgehead atoms. The predicted octanol–water partition coefficient (Wildman–Crippen LogP) is 2.15. The van der Waals surface area contributed by atoms with Gasteiger partial charge in [-0.05, 0) is 58.8 Å². The number of hydrogen-bond acceptors (Lipinski definition) is 5. The third-order valence-corrected chi connectivity index (χ3v) is 5.04. The van der Waals surface area contributed by atoms with Crippen LogP contribution in [0.4, 0.5) is 5.82 Å². The summed E-state index contributed by atoms with van der Waals surface area (Å²) in [6.45, 7) is 9.84. The summed E-state index contributed by atoms with van der Waals surface area (Å²) in [7, 11) is 0. The lowest BCUT2D eigenvalue weighted by atomic mass is 9.94. The third-order valence-electron chi connectivity index (χ3n) is 5.04. The molecule has 1 aromatic rings. The van der Waals surface area contributed by atoms with Gasteiger partial charge in [0, 0.05) is 30.3 Å². The molecule has 0 radical (unpaired) electrons. The first-order valence-electron chi connectivity index (χ1n) is 8.80. The minimum Gasteiger partial charge on any atom is -0.368 e. The molecule has 122 valence electrons. The Labute approximate surface area is 133 Å². The molecule has 0 unspecified atom stereocenters. The SMILES string of the molecule is CCN1CCC[C@@H]1CNc1cc(C2CCNCC2)nc(C)n1. The zero-order valence-electron chi connectivity index (χ0n) is 13.9. The van der Waals surface area contributed by atoms with Gasteiger partial charge in [0.1, 0.15) is 11.6 Å². The summed E-state index contributed by atoms with van der Waals surface area (Å²) in [5.74, 6) is 2.48. The number of aromatic nitrogens is 2. The van der Waals surface area contributed by atoms with E-state index < -0.39 is 0 Å². The molecule has 3 rings (SSSR count). The van der Waals surface area contributed by atoms with Gasteiger partial charge in [-0.25, -0.2) is 9.97 Å². The second-order valence-corrected chi connectivity index (χ2v) is 6.56. The van der Waals surface area contributed by atoms with E-state index in [1.807, 2.05) is 6.92 Å². The van der Waals surface area contributed by atoms with Gasteiger partial charge >= 0.3 is 0 Å². The van der Waals surface area contributed by atoms with E-state index in [9.17, 15) is 0 Å². The van der Waals surface area contributed by atoms with Crippen molar-refractivity contribution in [2.24, 2.45) is 0 Å². The Kier molecular flexibility index (Phi) is 5.26. The van der Waals surface area contributed by atoms with E-state index in [2.05, 4.69) is 38.5 Å². The summed E-state index contributed by atoms with van der Waals surface area (Å²) in [6.07, 6.45) is 4.99. The maximum Gasteiger partial charge on any atom is 0.129 e. The number of likely N-dealkylation sites (tertiary alicyclic amines) is 1. The molecule has 2 saturated heterocycles. The first kappa shape index (κ1) is 15.7. The van der Waals surface area contributed by atoms with E-state index >= 15 is 0 Å². The van der Waals surface area contributed by atoms with Crippen molar-refractivity contribution in [1.29, 1.82) is 0 Å². The fraction of sp³-hybridized carbons (Fsp3) is 0.765. The molecule has 5 nitrogen and oxygen atoms in total. The third kappa shape index (κ3) is 3.76. The molecule has 2 aliphatic rings. The molecule has 1 aromatic heterocycles. The molecule has 1 atom stereocenters. The second-order valence-electron chi connectivity index (χ2n) is 6.56. The average molecular weight is 303 g/mol. The fourth-order valence-corrected chi connectivity index (χ4v) is 3.77. The molecule has 2 N–H and O–H groups in total. The van der Waals surface area contributed by atoms with Crippen molar-refractivity contribution in [2.75, 3.05) is 38.0 Å². The molecule has 0 saturated carbocycles. The van der Waals surface area contributed by atoms with E-state index in [0.29, 0.717) is 12.0 Å². The molecule has 0 spiro atoms. The van der Waals surface area contributed by atoms with Gasteiger partial charge in [0.05, 0.1) is 0 Å². The van der Waals surface area contributed by atoms with E-state index in [1.54, 1.807) is 0 Å². The molecular weight excluding hydrogens is 274 g/mol. The van der Waals surface area contributed by atoms with Gasteiger partial charge in [-0.2, -0.15) is 0 Å². The van der Waals surface area contributed by atoms with Gasteiger partial charge in [0.15, 0.2) is 0 Å². The minimum absolute atomic E-state index is 0.585. The van der Waals surface area contributed by atoms with Gasteiger partial charge in [-0.1, -0.05) is 6.92 Å². The van der Waals surface area contributed by atoms with Crippen LogP contribution in [0.1, 0.15) is 50.0 Å². The van der Waals surface area contributed by atoms with Crippen LogP contribution in [0.25, 0.3) is 0 Å². The number of nitrogens with zero attached hydrogens (tertiary/aromatic N) is 3. The largest absolute Gasteiger partial charge is 0.368 e. The molecule has 0 aromatic carbocycles. The van der Waals surface area contributed by atoms with Crippen molar-refractivity contribution in [1.82, 2.24) is 20.2 Å². The zero-order chi connectivity index (χ0) is 15.4. The van der Waals surface area contributed by atoms with E-state index in [4.69, 9.17) is 0 Å². The highest BCUT2D eigenvalue weighted by Gasteiger charge is 2.23. The van der Waals surface area contributed by atoms with Crippen molar-refractivity contribution >= 4 is 5.82 Å². The maximum atomic E-state index is 4.68. The highest BCUT2D eigenvalue weighted by molar-refractivity contribution is 5.37.